The Bertz CT molecular complexity index is 1060. The molecule has 1 aromatic heterocycles. The normalized spacial score (nSPS) is 13.6. The van der Waals surface area contributed by atoms with Gasteiger partial charge in [0.2, 0.25) is 0 Å². The lowest BCUT2D eigenvalue weighted by Gasteiger charge is -2.18. The first-order valence-corrected chi connectivity index (χ1v) is 10.6. The van der Waals surface area contributed by atoms with Crippen LogP contribution in [0.25, 0.3) is 11.1 Å². The Hall–Kier alpha value is -2.28. The van der Waals surface area contributed by atoms with Crippen molar-refractivity contribution < 1.29 is 9.18 Å². The van der Waals surface area contributed by atoms with Crippen LogP contribution in [-0.2, 0) is 0 Å². The van der Waals surface area contributed by atoms with Gasteiger partial charge in [0.1, 0.15) is 5.82 Å². The van der Waals surface area contributed by atoms with Crippen LogP contribution in [0.1, 0.15) is 16.8 Å². The van der Waals surface area contributed by atoms with Gasteiger partial charge in [0.25, 0.3) is 5.91 Å². The molecule has 0 saturated carbocycles. The van der Waals surface area contributed by atoms with E-state index in [0.717, 1.165) is 29.8 Å². The second kappa shape index (κ2) is 8.61. The standard InChI is InChI=1S/C21H16Cl2FN3OS/c22-15-8-14(13-2-4-25-5-3-13)9-16(10-15)26-21(28)18-11-17(12-19(24)20(18)23)27-6-1-7-29-27/h2-5,8-12H,1,6-7H2,(H,26,28). The van der Waals surface area contributed by atoms with Crippen LogP contribution in [0.15, 0.2) is 54.9 Å². The Balaban J connectivity index is 1.64. The highest BCUT2D eigenvalue weighted by Crippen LogP contribution is 2.34. The fourth-order valence-corrected chi connectivity index (χ4v) is 4.53. The first kappa shape index (κ1) is 20.0. The third kappa shape index (κ3) is 4.50. The smallest absolute Gasteiger partial charge is 0.257 e. The van der Waals surface area contributed by atoms with Crippen LogP contribution < -0.4 is 9.62 Å². The van der Waals surface area contributed by atoms with E-state index in [1.165, 1.54) is 6.07 Å². The van der Waals surface area contributed by atoms with Gasteiger partial charge in [-0.1, -0.05) is 23.2 Å². The first-order chi connectivity index (χ1) is 14.0. The molecule has 0 radical (unpaired) electrons. The van der Waals surface area contributed by atoms with E-state index in [0.29, 0.717) is 16.4 Å². The van der Waals surface area contributed by atoms with Crippen LogP contribution in [0.5, 0.6) is 0 Å². The summed E-state index contributed by atoms with van der Waals surface area (Å²) in [5.74, 6) is -0.153. The van der Waals surface area contributed by atoms with Gasteiger partial charge < -0.3 is 9.62 Å². The number of carbonyl (C=O) groups excluding carboxylic acids is 1. The number of hydrogen-bond acceptors (Lipinski definition) is 4. The largest absolute Gasteiger partial charge is 0.322 e. The molecule has 0 unspecified atom stereocenters. The molecule has 1 amide bonds. The highest BCUT2D eigenvalue weighted by Gasteiger charge is 2.21. The Morgan fingerprint density at radius 3 is 2.62 bits per heavy atom. The summed E-state index contributed by atoms with van der Waals surface area (Å²) in [6.07, 6.45) is 4.37. The summed E-state index contributed by atoms with van der Waals surface area (Å²) >= 11 is 13.9. The average Bonchev–Trinajstić information content (AvgIpc) is 3.25. The summed E-state index contributed by atoms with van der Waals surface area (Å²) in [6.45, 7) is 0.802. The molecule has 0 aliphatic carbocycles. The summed E-state index contributed by atoms with van der Waals surface area (Å²) < 4.78 is 16.3. The van der Waals surface area contributed by atoms with E-state index in [2.05, 4.69) is 10.3 Å². The van der Waals surface area contributed by atoms with Crippen LogP contribution in [0, 0.1) is 5.82 Å². The Labute approximate surface area is 182 Å². The molecule has 0 spiro atoms. The maximum absolute atomic E-state index is 14.4. The van der Waals surface area contributed by atoms with Crippen molar-refractivity contribution in [1.29, 1.82) is 0 Å². The van der Waals surface area contributed by atoms with Gasteiger partial charge in [-0.05, 0) is 72.0 Å². The second-order valence-corrected chi connectivity index (χ2v) is 8.42. The summed E-state index contributed by atoms with van der Waals surface area (Å²) in [5.41, 5.74) is 2.94. The summed E-state index contributed by atoms with van der Waals surface area (Å²) in [7, 11) is 0. The van der Waals surface area contributed by atoms with E-state index in [4.69, 9.17) is 23.2 Å². The van der Waals surface area contributed by atoms with E-state index in [1.54, 1.807) is 48.6 Å². The van der Waals surface area contributed by atoms with Crippen LogP contribution in [0.2, 0.25) is 10.0 Å². The molecule has 1 aliphatic heterocycles. The lowest BCUT2D eigenvalue weighted by Crippen LogP contribution is -2.15. The molecule has 0 bridgehead atoms. The van der Waals surface area contributed by atoms with Gasteiger partial charge >= 0.3 is 0 Å². The molecular formula is C21H16Cl2FN3OS. The first-order valence-electron chi connectivity index (χ1n) is 8.93. The molecule has 1 fully saturated rings. The molecule has 2 heterocycles. The molecule has 8 heteroatoms. The number of carbonyl (C=O) groups is 1. The van der Waals surface area contributed by atoms with Crippen molar-refractivity contribution in [2.75, 3.05) is 21.9 Å². The molecule has 4 nitrogen and oxygen atoms in total. The van der Waals surface area contributed by atoms with Crippen molar-refractivity contribution in [2.24, 2.45) is 0 Å². The average molecular weight is 448 g/mol. The van der Waals surface area contributed by atoms with E-state index < -0.39 is 11.7 Å². The number of rotatable bonds is 4. The predicted molar refractivity (Wildman–Crippen MR) is 118 cm³/mol. The van der Waals surface area contributed by atoms with Crippen molar-refractivity contribution in [1.82, 2.24) is 4.98 Å². The Morgan fingerprint density at radius 2 is 1.90 bits per heavy atom. The third-order valence-corrected chi connectivity index (χ3v) is 6.25. The van der Waals surface area contributed by atoms with E-state index >= 15 is 0 Å². The molecule has 2 aromatic carbocycles. The molecule has 29 heavy (non-hydrogen) atoms. The van der Waals surface area contributed by atoms with E-state index in [1.807, 2.05) is 16.4 Å². The van der Waals surface area contributed by atoms with Gasteiger partial charge in [-0.2, -0.15) is 0 Å². The zero-order chi connectivity index (χ0) is 20.4. The number of pyridine rings is 1. The van der Waals surface area contributed by atoms with Gasteiger partial charge in [-0.15, -0.1) is 0 Å². The number of amides is 1. The molecule has 1 saturated heterocycles. The minimum atomic E-state index is -0.620. The fourth-order valence-electron chi connectivity index (χ4n) is 3.11. The van der Waals surface area contributed by atoms with Gasteiger partial charge in [0.05, 0.1) is 16.3 Å². The quantitative estimate of drug-likeness (QED) is 0.476. The van der Waals surface area contributed by atoms with Gasteiger partial charge in [-0.3, -0.25) is 9.78 Å². The Morgan fingerprint density at radius 1 is 1.10 bits per heavy atom. The SMILES string of the molecule is O=C(Nc1cc(Cl)cc(-c2ccncc2)c1)c1cc(N2CCCS2)cc(F)c1Cl. The monoisotopic (exact) mass is 447 g/mol. The summed E-state index contributed by atoms with van der Waals surface area (Å²) in [4.78, 5) is 16.9. The number of hydrogen-bond donors (Lipinski definition) is 1. The molecule has 0 atom stereocenters. The van der Waals surface area contributed by atoms with Crippen molar-refractivity contribution >= 4 is 52.4 Å². The predicted octanol–water partition coefficient (Wildman–Crippen LogP) is 6.31. The van der Waals surface area contributed by atoms with Crippen LogP contribution in [0.4, 0.5) is 15.8 Å². The minimum absolute atomic E-state index is 0.0830. The summed E-state index contributed by atoms with van der Waals surface area (Å²) in [5, 5.41) is 3.04. The van der Waals surface area contributed by atoms with Gasteiger partial charge in [0.15, 0.2) is 0 Å². The van der Waals surface area contributed by atoms with Gasteiger partial charge in [-0.25, -0.2) is 4.39 Å². The number of nitrogens with one attached hydrogen (secondary N) is 1. The minimum Gasteiger partial charge on any atom is -0.322 e. The zero-order valence-corrected chi connectivity index (χ0v) is 17.5. The molecule has 1 N–H and O–H groups in total. The van der Waals surface area contributed by atoms with Crippen LogP contribution >= 0.6 is 35.1 Å². The highest BCUT2D eigenvalue weighted by atomic mass is 35.5. The maximum atomic E-state index is 14.4. The lowest BCUT2D eigenvalue weighted by atomic mass is 10.1. The van der Waals surface area contributed by atoms with Crippen molar-refractivity contribution in [3.8, 4) is 11.1 Å². The van der Waals surface area contributed by atoms with Gasteiger partial charge in [0, 0.05) is 35.4 Å². The number of nitrogens with zero attached hydrogens (tertiary/aromatic N) is 2. The Kier molecular flexibility index (Phi) is 5.94. The maximum Gasteiger partial charge on any atom is 0.257 e. The molecule has 1 aliphatic rings. The summed E-state index contributed by atoms with van der Waals surface area (Å²) in [6, 6.07) is 11.9. The number of benzene rings is 2. The second-order valence-electron chi connectivity index (χ2n) is 6.50. The van der Waals surface area contributed by atoms with Crippen molar-refractivity contribution in [3.63, 3.8) is 0 Å². The third-order valence-electron chi connectivity index (χ3n) is 4.47. The number of halogens is 3. The fraction of sp³-hybridized carbons (Fsp3) is 0.143. The number of anilines is 2. The molecular weight excluding hydrogens is 432 g/mol. The molecule has 4 rings (SSSR count). The van der Waals surface area contributed by atoms with Crippen LogP contribution in [0.3, 0.4) is 0 Å². The van der Waals surface area contributed by atoms with Crippen molar-refractivity contribution in [2.45, 2.75) is 6.42 Å². The van der Waals surface area contributed by atoms with Crippen molar-refractivity contribution in [3.05, 3.63) is 76.3 Å². The van der Waals surface area contributed by atoms with Crippen LogP contribution in [-0.4, -0.2) is 23.2 Å². The van der Waals surface area contributed by atoms with E-state index in [9.17, 15) is 9.18 Å². The molecule has 3 aromatic rings. The zero-order valence-electron chi connectivity index (χ0n) is 15.2. The highest BCUT2D eigenvalue weighted by molar-refractivity contribution is 8.00. The number of aromatic nitrogens is 1. The van der Waals surface area contributed by atoms with E-state index in [-0.39, 0.29) is 10.6 Å². The lowest BCUT2D eigenvalue weighted by molar-refractivity contribution is 0.102. The topological polar surface area (TPSA) is 45.2 Å². The molecule has 148 valence electrons.